The molecule has 0 radical (unpaired) electrons. The molecule has 0 aromatic heterocycles. The predicted octanol–water partition coefficient (Wildman–Crippen LogP) is 3.49. The fourth-order valence-electron chi connectivity index (χ4n) is 1.76. The van der Waals surface area contributed by atoms with Crippen molar-refractivity contribution in [1.82, 2.24) is 0 Å². The van der Waals surface area contributed by atoms with Gasteiger partial charge in [0.15, 0.2) is 0 Å². The quantitative estimate of drug-likeness (QED) is 0.835. The smallest absolute Gasteiger partial charge is 0.119 e. The molecule has 2 nitrogen and oxygen atoms in total. The van der Waals surface area contributed by atoms with Crippen LogP contribution in [0.4, 0.5) is 0 Å². The second-order valence-electron chi connectivity index (χ2n) is 3.93. The third kappa shape index (κ3) is 3.28. The van der Waals surface area contributed by atoms with E-state index in [9.17, 15) is 0 Å². The number of hydrogen-bond donors (Lipinski definition) is 1. The third-order valence-electron chi connectivity index (χ3n) is 2.70. The van der Waals surface area contributed by atoms with E-state index in [0.717, 1.165) is 5.75 Å². The van der Waals surface area contributed by atoms with Gasteiger partial charge in [-0.25, -0.2) is 0 Å². The maximum Gasteiger partial charge on any atom is 0.119 e. The molecule has 2 rings (SSSR count). The first-order valence-corrected chi connectivity index (χ1v) is 6.77. The molecule has 0 saturated heterocycles. The van der Waals surface area contributed by atoms with Crippen molar-refractivity contribution in [3.63, 3.8) is 0 Å². The first-order chi connectivity index (χ1) is 8.83. The van der Waals surface area contributed by atoms with Gasteiger partial charge in [-0.3, -0.25) is 0 Å². The molecule has 3 heteroatoms. The van der Waals surface area contributed by atoms with E-state index in [0.29, 0.717) is 6.54 Å². The fraction of sp³-hybridized carbons (Fsp3) is 0.200. The number of hydrogen-bond acceptors (Lipinski definition) is 3. The predicted molar refractivity (Wildman–Crippen MR) is 77.1 cm³/mol. The molecule has 0 bridgehead atoms. The van der Waals surface area contributed by atoms with Crippen LogP contribution in [0, 0.1) is 0 Å². The molecule has 0 aliphatic rings. The summed E-state index contributed by atoms with van der Waals surface area (Å²) in [4.78, 5) is 1.23. The Balaban J connectivity index is 2.17. The van der Waals surface area contributed by atoms with E-state index < -0.39 is 0 Å². The van der Waals surface area contributed by atoms with Gasteiger partial charge in [0.1, 0.15) is 5.75 Å². The van der Waals surface area contributed by atoms with Crippen molar-refractivity contribution in [2.75, 3.05) is 13.7 Å². The Bertz CT molecular complexity index is 487. The minimum atomic E-state index is 0.252. The first-order valence-electron chi connectivity index (χ1n) is 5.89. The van der Waals surface area contributed by atoms with Crippen LogP contribution in [0.3, 0.4) is 0 Å². The van der Waals surface area contributed by atoms with Crippen LogP contribution in [0.15, 0.2) is 59.5 Å². The van der Waals surface area contributed by atoms with Gasteiger partial charge in [-0.05, 0) is 29.8 Å². The standard InChI is InChI=1S/C15H17NOS/c1-17-13-7-5-6-12(10-13)15(11-16)18-14-8-3-2-4-9-14/h2-10,15H,11,16H2,1H3. The van der Waals surface area contributed by atoms with Crippen LogP contribution >= 0.6 is 11.8 Å². The highest BCUT2D eigenvalue weighted by atomic mass is 32.2. The Morgan fingerprint density at radius 2 is 1.89 bits per heavy atom. The summed E-state index contributed by atoms with van der Waals surface area (Å²) < 4.78 is 5.25. The van der Waals surface area contributed by atoms with Gasteiger partial charge in [0, 0.05) is 16.7 Å². The Labute approximate surface area is 112 Å². The van der Waals surface area contributed by atoms with E-state index in [1.54, 1.807) is 18.9 Å². The molecular weight excluding hydrogens is 242 g/mol. The van der Waals surface area contributed by atoms with Crippen molar-refractivity contribution in [2.24, 2.45) is 5.73 Å². The lowest BCUT2D eigenvalue weighted by Crippen LogP contribution is -2.09. The molecule has 2 N–H and O–H groups in total. The molecule has 18 heavy (non-hydrogen) atoms. The van der Waals surface area contributed by atoms with E-state index >= 15 is 0 Å². The van der Waals surface area contributed by atoms with E-state index in [4.69, 9.17) is 10.5 Å². The second-order valence-corrected chi connectivity index (χ2v) is 5.21. The van der Waals surface area contributed by atoms with Gasteiger partial charge in [-0.2, -0.15) is 0 Å². The Hall–Kier alpha value is -1.45. The van der Waals surface area contributed by atoms with Crippen molar-refractivity contribution in [2.45, 2.75) is 10.1 Å². The zero-order chi connectivity index (χ0) is 12.8. The highest BCUT2D eigenvalue weighted by Crippen LogP contribution is 2.35. The van der Waals surface area contributed by atoms with Crippen LogP contribution in [0.1, 0.15) is 10.8 Å². The topological polar surface area (TPSA) is 35.2 Å². The normalized spacial score (nSPS) is 12.1. The molecule has 2 aromatic carbocycles. The van der Waals surface area contributed by atoms with Gasteiger partial charge < -0.3 is 10.5 Å². The highest BCUT2D eigenvalue weighted by molar-refractivity contribution is 7.99. The van der Waals surface area contributed by atoms with Crippen LogP contribution in [-0.4, -0.2) is 13.7 Å². The third-order valence-corrected chi connectivity index (χ3v) is 3.99. The number of rotatable bonds is 5. The van der Waals surface area contributed by atoms with E-state index in [2.05, 4.69) is 18.2 Å². The number of benzene rings is 2. The summed E-state index contributed by atoms with van der Waals surface area (Å²) in [6, 6.07) is 18.4. The van der Waals surface area contributed by atoms with Crippen molar-refractivity contribution in [3.05, 3.63) is 60.2 Å². The molecule has 94 valence electrons. The number of methoxy groups -OCH3 is 1. The summed E-state index contributed by atoms with van der Waals surface area (Å²) >= 11 is 1.78. The average molecular weight is 259 g/mol. The Morgan fingerprint density at radius 1 is 1.11 bits per heavy atom. The van der Waals surface area contributed by atoms with E-state index in [1.165, 1.54) is 10.5 Å². The molecule has 0 saturated carbocycles. The fourth-order valence-corrected chi connectivity index (χ4v) is 2.78. The van der Waals surface area contributed by atoms with Crippen molar-refractivity contribution in [1.29, 1.82) is 0 Å². The summed E-state index contributed by atoms with van der Waals surface area (Å²) in [5, 5.41) is 0.252. The lowest BCUT2D eigenvalue weighted by atomic mass is 10.1. The molecule has 1 atom stereocenters. The van der Waals surface area contributed by atoms with Crippen LogP contribution < -0.4 is 10.5 Å². The Morgan fingerprint density at radius 3 is 2.56 bits per heavy atom. The largest absolute Gasteiger partial charge is 0.497 e. The summed E-state index contributed by atoms with van der Waals surface area (Å²) in [6.07, 6.45) is 0. The summed E-state index contributed by atoms with van der Waals surface area (Å²) in [7, 11) is 1.68. The van der Waals surface area contributed by atoms with Crippen LogP contribution in [0.5, 0.6) is 5.75 Å². The van der Waals surface area contributed by atoms with E-state index in [-0.39, 0.29) is 5.25 Å². The van der Waals surface area contributed by atoms with Gasteiger partial charge in [0.25, 0.3) is 0 Å². The molecule has 0 aliphatic carbocycles. The maximum absolute atomic E-state index is 5.88. The van der Waals surface area contributed by atoms with Gasteiger partial charge >= 0.3 is 0 Å². The second kappa shape index (κ2) is 6.47. The molecule has 0 aliphatic heterocycles. The molecule has 0 amide bonds. The van der Waals surface area contributed by atoms with Gasteiger partial charge in [-0.15, -0.1) is 11.8 Å². The molecule has 0 heterocycles. The number of thioether (sulfide) groups is 1. The number of ether oxygens (including phenoxy) is 1. The summed E-state index contributed by atoms with van der Waals surface area (Å²) in [5.74, 6) is 0.875. The van der Waals surface area contributed by atoms with E-state index in [1.807, 2.05) is 36.4 Å². The lowest BCUT2D eigenvalue weighted by molar-refractivity contribution is 0.414. The molecule has 0 spiro atoms. The maximum atomic E-state index is 5.88. The molecular formula is C15H17NOS. The zero-order valence-electron chi connectivity index (χ0n) is 10.4. The van der Waals surface area contributed by atoms with Crippen LogP contribution in [0.2, 0.25) is 0 Å². The molecule has 2 aromatic rings. The first kappa shape index (κ1) is 13.0. The van der Waals surface area contributed by atoms with Gasteiger partial charge in [0.05, 0.1) is 7.11 Å². The van der Waals surface area contributed by atoms with Gasteiger partial charge in [-0.1, -0.05) is 30.3 Å². The van der Waals surface area contributed by atoms with Crippen molar-refractivity contribution < 1.29 is 4.74 Å². The van der Waals surface area contributed by atoms with Crippen LogP contribution in [0.25, 0.3) is 0 Å². The minimum absolute atomic E-state index is 0.252. The van der Waals surface area contributed by atoms with Crippen molar-refractivity contribution >= 4 is 11.8 Å². The van der Waals surface area contributed by atoms with Crippen molar-refractivity contribution in [3.8, 4) is 5.75 Å². The average Bonchev–Trinajstić information content (AvgIpc) is 2.46. The number of nitrogens with two attached hydrogens (primary N) is 1. The summed E-state index contributed by atoms with van der Waals surface area (Å²) in [6.45, 7) is 0.604. The van der Waals surface area contributed by atoms with Crippen LogP contribution in [-0.2, 0) is 0 Å². The van der Waals surface area contributed by atoms with Gasteiger partial charge in [0.2, 0.25) is 0 Å². The monoisotopic (exact) mass is 259 g/mol. The minimum Gasteiger partial charge on any atom is -0.497 e. The lowest BCUT2D eigenvalue weighted by Gasteiger charge is -2.15. The SMILES string of the molecule is COc1cccc(C(CN)Sc2ccccc2)c1. The molecule has 0 fully saturated rings. The highest BCUT2D eigenvalue weighted by Gasteiger charge is 2.11. The zero-order valence-corrected chi connectivity index (χ0v) is 11.2. The Kier molecular flexibility index (Phi) is 4.67. The molecule has 1 unspecified atom stereocenters. The summed E-state index contributed by atoms with van der Waals surface area (Å²) in [5.41, 5.74) is 7.08.